The normalized spacial score (nSPS) is 11.1. The van der Waals surface area contributed by atoms with Crippen LogP contribution in [0.4, 0.5) is 0 Å². The van der Waals surface area contributed by atoms with E-state index in [1.807, 2.05) is 0 Å². The van der Waals surface area contributed by atoms with E-state index in [4.69, 9.17) is 4.74 Å². The minimum Gasteiger partial charge on any atom is -0.508 e. The lowest BCUT2D eigenvalue weighted by molar-refractivity contribution is -0.132. The number of carbonyl (C=O) groups is 1. The Hall–Kier alpha value is -3.41. The molecule has 0 saturated heterocycles. The summed E-state index contributed by atoms with van der Waals surface area (Å²) < 4.78 is 4.82. The van der Waals surface area contributed by atoms with Crippen LogP contribution >= 0.6 is 0 Å². The fourth-order valence-corrected chi connectivity index (χ4v) is 1.74. The van der Waals surface area contributed by atoms with Crippen LogP contribution in [0.25, 0.3) is 12.2 Å². The molecule has 6 nitrogen and oxygen atoms in total. The molecule has 0 aliphatic rings. The van der Waals surface area contributed by atoms with E-state index in [0.29, 0.717) is 11.1 Å². The third kappa shape index (κ3) is 4.82. The third-order valence-electron chi connectivity index (χ3n) is 2.78. The summed E-state index contributed by atoms with van der Waals surface area (Å²) in [5, 5.41) is 37.1. The highest BCUT2D eigenvalue weighted by atomic mass is 16.5. The smallest absolute Gasteiger partial charge is 0.335 e. The number of esters is 1. The van der Waals surface area contributed by atoms with Gasteiger partial charge in [0.15, 0.2) is 11.5 Å². The van der Waals surface area contributed by atoms with Crippen molar-refractivity contribution >= 4 is 18.1 Å². The Labute approximate surface area is 131 Å². The van der Waals surface area contributed by atoms with E-state index in [-0.39, 0.29) is 23.0 Å². The molecule has 0 amide bonds. The zero-order chi connectivity index (χ0) is 16.8. The van der Waals surface area contributed by atoms with E-state index in [1.165, 1.54) is 48.6 Å². The molecule has 0 atom stereocenters. The van der Waals surface area contributed by atoms with Gasteiger partial charge in [-0.1, -0.05) is 6.07 Å². The molecular formula is C17H14O6. The summed E-state index contributed by atoms with van der Waals surface area (Å²) in [5.41, 5.74) is 0.974. The minimum atomic E-state index is -0.654. The number of hydrogen-bond acceptors (Lipinski definition) is 6. The monoisotopic (exact) mass is 314 g/mol. The number of ether oxygens (including phenoxy) is 1. The second-order valence-corrected chi connectivity index (χ2v) is 4.60. The molecule has 0 aromatic heterocycles. The zero-order valence-corrected chi connectivity index (χ0v) is 11.9. The minimum absolute atomic E-state index is 0.108. The standard InChI is InChI=1S/C17H14O6/c18-13-7-12(8-14(19)10-13)5-6-23-17(22)4-2-11-1-3-15(20)16(21)9-11/h1-10,18-21H/b4-2+,6-5-. The molecule has 0 fully saturated rings. The Morgan fingerprint density at radius 3 is 2.17 bits per heavy atom. The summed E-state index contributed by atoms with van der Waals surface area (Å²) >= 11 is 0. The predicted molar refractivity (Wildman–Crippen MR) is 83.7 cm³/mol. The van der Waals surface area contributed by atoms with Crippen molar-refractivity contribution in [2.75, 3.05) is 0 Å². The fourth-order valence-electron chi connectivity index (χ4n) is 1.74. The second-order valence-electron chi connectivity index (χ2n) is 4.60. The van der Waals surface area contributed by atoms with E-state index in [0.717, 1.165) is 12.3 Å². The van der Waals surface area contributed by atoms with Gasteiger partial charge in [-0.25, -0.2) is 4.79 Å². The average molecular weight is 314 g/mol. The van der Waals surface area contributed by atoms with E-state index in [9.17, 15) is 25.2 Å². The number of aromatic hydroxyl groups is 4. The van der Waals surface area contributed by atoms with Crippen molar-refractivity contribution in [3.8, 4) is 23.0 Å². The van der Waals surface area contributed by atoms with Crippen molar-refractivity contribution in [2.24, 2.45) is 0 Å². The van der Waals surface area contributed by atoms with Crippen molar-refractivity contribution in [3.05, 3.63) is 59.9 Å². The Morgan fingerprint density at radius 1 is 0.826 bits per heavy atom. The number of carbonyl (C=O) groups excluding carboxylic acids is 1. The predicted octanol–water partition coefficient (Wildman–Crippen LogP) is 2.74. The van der Waals surface area contributed by atoms with Crippen LogP contribution in [-0.2, 0) is 9.53 Å². The van der Waals surface area contributed by atoms with Gasteiger partial charge in [-0.15, -0.1) is 0 Å². The first-order valence-electron chi connectivity index (χ1n) is 6.54. The van der Waals surface area contributed by atoms with Crippen molar-refractivity contribution in [1.82, 2.24) is 0 Å². The van der Waals surface area contributed by atoms with Gasteiger partial charge in [0.1, 0.15) is 11.5 Å². The number of phenolic OH excluding ortho intramolecular Hbond substituents is 4. The maximum Gasteiger partial charge on any atom is 0.335 e. The van der Waals surface area contributed by atoms with Crippen molar-refractivity contribution in [2.45, 2.75) is 0 Å². The SMILES string of the molecule is O=C(/C=C/c1ccc(O)c(O)c1)O/C=C\c1cc(O)cc(O)c1. The Bertz CT molecular complexity index is 756. The number of hydrogen-bond donors (Lipinski definition) is 4. The van der Waals surface area contributed by atoms with Gasteiger partial charge < -0.3 is 25.2 Å². The Morgan fingerprint density at radius 2 is 1.52 bits per heavy atom. The van der Waals surface area contributed by atoms with Gasteiger partial charge in [-0.3, -0.25) is 0 Å². The van der Waals surface area contributed by atoms with Crippen LogP contribution in [-0.4, -0.2) is 26.4 Å². The van der Waals surface area contributed by atoms with Gasteiger partial charge in [0.25, 0.3) is 0 Å². The molecule has 2 aromatic carbocycles. The van der Waals surface area contributed by atoms with Crippen molar-refractivity contribution in [1.29, 1.82) is 0 Å². The highest BCUT2D eigenvalue weighted by Crippen LogP contribution is 2.25. The zero-order valence-electron chi connectivity index (χ0n) is 11.9. The Kier molecular flexibility index (Phi) is 4.89. The average Bonchev–Trinajstić information content (AvgIpc) is 2.47. The summed E-state index contributed by atoms with van der Waals surface area (Å²) in [7, 11) is 0. The van der Waals surface area contributed by atoms with Crippen LogP contribution in [0.1, 0.15) is 11.1 Å². The van der Waals surface area contributed by atoms with E-state index >= 15 is 0 Å². The van der Waals surface area contributed by atoms with Crippen LogP contribution in [0.15, 0.2) is 48.7 Å². The van der Waals surface area contributed by atoms with Crippen LogP contribution in [0.2, 0.25) is 0 Å². The molecule has 2 rings (SSSR count). The Balaban J connectivity index is 1.95. The second kappa shape index (κ2) is 7.04. The first-order valence-corrected chi connectivity index (χ1v) is 6.54. The van der Waals surface area contributed by atoms with Gasteiger partial charge in [-0.05, 0) is 47.5 Å². The summed E-state index contributed by atoms with van der Waals surface area (Å²) in [6.45, 7) is 0. The van der Waals surface area contributed by atoms with E-state index in [2.05, 4.69) is 0 Å². The summed E-state index contributed by atoms with van der Waals surface area (Å²) in [6.07, 6.45) is 5.08. The molecule has 0 spiro atoms. The summed E-state index contributed by atoms with van der Waals surface area (Å²) in [6, 6.07) is 8.07. The third-order valence-corrected chi connectivity index (χ3v) is 2.78. The van der Waals surface area contributed by atoms with Crippen LogP contribution in [0.5, 0.6) is 23.0 Å². The molecule has 4 N–H and O–H groups in total. The number of phenols is 4. The van der Waals surface area contributed by atoms with Crippen LogP contribution < -0.4 is 0 Å². The topological polar surface area (TPSA) is 107 Å². The number of rotatable bonds is 4. The molecule has 0 saturated carbocycles. The first-order chi connectivity index (χ1) is 10.9. The molecule has 0 heterocycles. The number of benzene rings is 2. The molecule has 0 aliphatic heterocycles. The van der Waals surface area contributed by atoms with Gasteiger partial charge in [0.2, 0.25) is 0 Å². The molecule has 0 radical (unpaired) electrons. The highest BCUT2D eigenvalue weighted by Gasteiger charge is 2.00. The molecule has 2 aromatic rings. The van der Waals surface area contributed by atoms with Gasteiger partial charge in [0, 0.05) is 12.1 Å². The van der Waals surface area contributed by atoms with Crippen LogP contribution in [0, 0.1) is 0 Å². The maximum absolute atomic E-state index is 11.5. The van der Waals surface area contributed by atoms with Crippen molar-refractivity contribution in [3.63, 3.8) is 0 Å². The van der Waals surface area contributed by atoms with Crippen molar-refractivity contribution < 1.29 is 30.0 Å². The van der Waals surface area contributed by atoms with E-state index in [1.54, 1.807) is 0 Å². The first kappa shape index (κ1) is 16.0. The fraction of sp³-hybridized carbons (Fsp3) is 0. The molecule has 0 bridgehead atoms. The lowest BCUT2D eigenvalue weighted by Gasteiger charge is -1.99. The lowest BCUT2D eigenvalue weighted by Crippen LogP contribution is -1.93. The molecule has 0 unspecified atom stereocenters. The largest absolute Gasteiger partial charge is 0.508 e. The summed E-state index contributed by atoms with van der Waals surface area (Å²) in [4.78, 5) is 11.5. The molecule has 0 aliphatic carbocycles. The summed E-state index contributed by atoms with van der Waals surface area (Å²) in [5.74, 6) is -1.41. The lowest BCUT2D eigenvalue weighted by atomic mass is 10.2. The molecule has 23 heavy (non-hydrogen) atoms. The van der Waals surface area contributed by atoms with Gasteiger partial charge in [-0.2, -0.15) is 0 Å². The maximum atomic E-state index is 11.5. The van der Waals surface area contributed by atoms with Gasteiger partial charge in [0.05, 0.1) is 6.26 Å². The molecule has 6 heteroatoms. The molecular weight excluding hydrogens is 300 g/mol. The van der Waals surface area contributed by atoms with Crippen LogP contribution in [0.3, 0.4) is 0 Å². The van der Waals surface area contributed by atoms with Gasteiger partial charge >= 0.3 is 5.97 Å². The van der Waals surface area contributed by atoms with E-state index < -0.39 is 5.97 Å². The highest BCUT2D eigenvalue weighted by molar-refractivity contribution is 5.87. The quantitative estimate of drug-likeness (QED) is 0.299. The molecule has 118 valence electrons.